The number of Topliss-reactive ketones (excluding diaryl/α,β-unsaturated/α-hetero) is 1. The minimum absolute atomic E-state index is 0.00231. The van der Waals surface area contributed by atoms with E-state index >= 15 is 0 Å². The smallest absolute Gasteiger partial charge is 0.266 e. The van der Waals surface area contributed by atoms with Gasteiger partial charge in [0.15, 0.2) is 12.4 Å². The molecule has 1 aliphatic carbocycles. The first-order chi connectivity index (χ1) is 25.3. The van der Waals surface area contributed by atoms with Gasteiger partial charge in [-0.3, -0.25) is 44.0 Å². The van der Waals surface area contributed by atoms with Gasteiger partial charge in [0.2, 0.25) is 17.7 Å². The van der Waals surface area contributed by atoms with Gasteiger partial charge in [0, 0.05) is 55.2 Å². The number of amides is 5. The van der Waals surface area contributed by atoms with Crippen LogP contribution in [0.4, 0.5) is 0 Å². The van der Waals surface area contributed by atoms with Crippen LogP contribution in [0.15, 0.2) is 73.2 Å². The standard InChI is InChI=1S/C39H35N5O8/c45-27(21-51-32-7-4-6-29-36(32)39(50)44(38(29)49)31-11-12-33(46)43-37(31)48)5-2-1-3-15-41-34(47)22-52-35-13-9-25(19-42-35)23-8-10-28-26(17-23)18-24-14-16-40-20-30(24)28/h4,6-10,13-14,16-17,19-20,31H,1-3,5,11-12,15,18,21-22H2,(H,41,47)(H,43,46,48). The molecule has 1 fully saturated rings. The predicted octanol–water partition coefficient (Wildman–Crippen LogP) is 3.82. The Labute approximate surface area is 298 Å². The van der Waals surface area contributed by atoms with Crippen LogP contribution < -0.4 is 20.1 Å². The molecule has 13 nitrogen and oxygen atoms in total. The number of ketones is 1. The molecule has 4 heterocycles. The number of piperidine rings is 1. The number of ether oxygens (including phenoxy) is 2. The van der Waals surface area contributed by atoms with E-state index in [0.717, 1.165) is 22.4 Å². The van der Waals surface area contributed by atoms with E-state index in [2.05, 4.69) is 44.9 Å². The van der Waals surface area contributed by atoms with Crippen molar-refractivity contribution in [3.05, 3.63) is 95.4 Å². The minimum Gasteiger partial charge on any atom is -0.485 e. The number of nitrogens with zero attached hydrogens (tertiary/aromatic N) is 3. The van der Waals surface area contributed by atoms with E-state index in [9.17, 15) is 28.8 Å². The molecule has 4 aromatic rings. The van der Waals surface area contributed by atoms with Gasteiger partial charge >= 0.3 is 0 Å². The number of nitrogens with one attached hydrogen (secondary N) is 2. The molecule has 0 radical (unpaired) electrons. The van der Waals surface area contributed by atoms with Crippen molar-refractivity contribution in [2.24, 2.45) is 0 Å². The zero-order chi connectivity index (χ0) is 36.2. The second-order valence-electron chi connectivity index (χ2n) is 12.9. The molecule has 5 amide bonds. The maximum Gasteiger partial charge on any atom is 0.266 e. The number of aromatic nitrogens is 2. The quantitative estimate of drug-likeness (QED) is 0.128. The molecular weight excluding hydrogens is 666 g/mol. The highest BCUT2D eigenvalue weighted by molar-refractivity contribution is 6.24. The summed E-state index contributed by atoms with van der Waals surface area (Å²) >= 11 is 0. The molecule has 264 valence electrons. The molecule has 0 bridgehead atoms. The molecule has 52 heavy (non-hydrogen) atoms. The number of carbonyl (C=O) groups excluding carboxylic acids is 6. The summed E-state index contributed by atoms with van der Waals surface area (Å²) in [6.45, 7) is -0.0389. The summed E-state index contributed by atoms with van der Waals surface area (Å²) in [7, 11) is 0. The van der Waals surface area contributed by atoms with Crippen molar-refractivity contribution in [3.8, 4) is 33.9 Å². The Morgan fingerprint density at radius 2 is 1.71 bits per heavy atom. The van der Waals surface area contributed by atoms with Crippen LogP contribution in [0.3, 0.4) is 0 Å². The Bertz CT molecular complexity index is 2100. The lowest BCUT2D eigenvalue weighted by molar-refractivity contribution is -0.136. The van der Waals surface area contributed by atoms with E-state index < -0.39 is 29.7 Å². The molecule has 13 heteroatoms. The van der Waals surface area contributed by atoms with E-state index in [1.54, 1.807) is 12.3 Å². The van der Waals surface area contributed by atoms with Crippen LogP contribution in [0.1, 0.15) is 70.4 Å². The number of unbranched alkanes of at least 4 members (excludes halogenated alkanes) is 2. The predicted molar refractivity (Wildman–Crippen MR) is 186 cm³/mol. The molecule has 2 aromatic carbocycles. The van der Waals surface area contributed by atoms with Crippen molar-refractivity contribution in [1.29, 1.82) is 0 Å². The van der Waals surface area contributed by atoms with Gasteiger partial charge in [0.05, 0.1) is 11.1 Å². The first-order valence-electron chi connectivity index (χ1n) is 17.2. The van der Waals surface area contributed by atoms with Gasteiger partial charge in [-0.2, -0.15) is 0 Å². The SMILES string of the molecule is O=C(CCCCCNC(=O)COc1ccc(-c2ccc3c(c2)Cc2ccncc2-3)cn1)COc1cccc2c1C(=O)N(C1CCC(=O)NC1=O)C2=O. The van der Waals surface area contributed by atoms with Gasteiger partial charge < -0.3 is 14.8 Å². The van der Waals surface area contributed by atoms with E-state index in [1.165, 1.54) is 40.5 Å². The van der Waals surface area contributed by atoms with Crippen LogP contribution in [0.5, 0.6) is 11.6 Å². The lowest BCUT2D eigenvalue weighted by Crippen LogP contribution is -2.54. The number of fused-ring (bicyclic) bond motifs is 4. The van der Waals surface area contributed by atoms with Gasteiger partial charge in [0.25, 0.3) is 17.7 Å². The maximum atomic E-state index is 13.2. The second kappa shape index (κ2) is 14.9. The normalized spacial score (nSPS) is 15.8. The fourth-order valence-corrected chi connectivity index (χ4v) is 6.72. The summed E-state index contributed by atoms with van der Waals surface area (Å²) in [5.41, 5.74) is 7.00. The van der Waals surface area contributed by atoms with Gasteiger partial charge in [-0.15, -0.1) is 0 Å². The highest BCUT2D eigenvalue weighted by Gasteiger charge is 2.46. The fourth-order valence-electron chi connectivity index (χ4n) is 6.72. The summed E-state index contributed by atoms with van der Waals surface area (Å²) in [5, 5.41) is 4.97. The van der Waals surface area contributed by atoms with Crippen LogP contribution >= 0.6 is 0 Å². The molecule has 0 saturated carbocycles. The number of imide groups is 2. The Balaban J connectivity index is 0.789. The van der Waals surface area contributed by atoms with Gasteiger partial charge in [0.1, 0.15) is 18.4 Å². The molecular formula is C39H35N5O8. The molecule has 1 unspecified atom stereocenters. The third kappa shape index (κ3) is 7.15. The molecule has 2 N–H and O–H groups in total. The number of carbonyl (C=O) groups is 6. The first-order valence-corrected chi connectivity index (χ1v) is 17.2. The highest BCUT2D eigenvalue weighted by Crippen LogP contribution is 2.38. The Hall–Kier alpha value is -6.24. The van der Waals surface area contributed by atoms with Crippen LogP contribution in [0.25, 0.3) is 22.3 Å². The van der Waals surface area contributed by atoms with E-state index in [4.69, 9.17) is 9.47 Å². The zero-order valence-corrected chi connectivity index (χ0v) is 28.2. The lowest BCUT2D eigenvalue weighted by atomic mass is 10.0. The largest absolute Gasteiger partial charge is 0.485 e. The number of rotatable bonds is 14. The minimum atomic E-state index is -1.09. The van der Waals surface area contributed by atoms with Gasteiger partial charge in [-0.1, -0.05) is 30.7 Å². The molecule has 2 aliphatic heterocycles. The zero-order valence-electron chi connectivity index (χ0n) is 28.2. The van der Waals surface area contributed by atoms with Crippen LogP contribution in [-0.4, -0.2) is 76.0 Å². The molecule has 2 aromatic heterocycles. The Morgan fingerprint density at radius 1 is 0.846 bits per heavy atom. The third-order valence-corrected chi connectivity index (χ3v) is 9.38. The summed E-state index contributed by atoms with van der Waals surface area (Å²) < 4.78 is 11.2. The number of hydrogen-bond acceptors (Lipinski definition) is 10. The van der Waals surface area contributed by atoms with Crippen molar-refractivity contribution in [2.45, 2.75) is 51.0 Å². The summed E-state index contributed by atoms with van der Waals surface area (Å²) in [6, 6.07) is 15.5. The average molecular weight is 702 g/mol. The molecule has 0 spiro atoms. The Morgan fingerprint density at radius 3 is 2.54 bits per heavy atom. The average Bonchev–Trinajstić information content (AvgIpc) is 3.65. The lowest BCUT2D eigenvalue weighted by Gasteiger charge is -2.27. The van der Waals surface area contributed by atoms with E-state index in [1.807, 2.05) is 18.5 Å². The van der Waals surface area contributed by atoms with E-state index in [0.29, 0.717) is 31.7 Å². The van der Waals surface area contributed by atoms with Crippen LogP contribution in [0.2, 0.25) is 0 Å². The summed E-state index contributed by atoms with van der Waals surface area (Å²) in [5.74, 6) is -2.53. The summed E-state index contributed by atoms with van der Waals surface area (Å²) in [6.07, 6.45) is 8.55. The first kappa shape index (κ1) is 34.2. The molecule has 7 rings (SSSR count). The van der Waals surface area contributed by atoms with Gasteiger partial charge in [-0.05, 0) is 72.2 Å². The number of benzene rings is 2. The van der Waals surface area contributed by atoms with Crippen molar-refractivity contribution in [3.63, 3.8) is 0 Å². The van der Waals surface area contributed by atoms with Crippen LogP contribution in [-0.2, 0) is 25.6 Å². The van der Waals surface area contributed by atoms with Crippen molar-refractivity contribution < 1.29 is 38.2 Å². The maximum absolute atomic E-state index is 13.2. The topological polar surface area (TPSA) is 174 Å². The van der Waals surface area contributed by atoms with Gasteiger partial charge in [-0.25, -0.2) is 4.98 Å². The third-order valence-electron chi connectivity index (χ3n) is 9.38. The fraction of sp³-hybridized carbons (Fsp3) is 0.282. The van der Waals surface area contributed by atoms with Crippen molar-refractivity contribution >= 4 is 35.3 Å². The summed E-state index contributed by atoms with van der Waals surface area (Å²) in [4.78, 5) is 84.3. The molecule has 1 atom stereocenters. The molecule has 3 aliphatic rings. The number of pyridine rings is 2. The highest BCUT2D eigenvalue weighted by atomic mass is 16.5. The second-order valence-corrected chi connectivity index (χ2v) is 12.9. The Kier molecular flexibility index (Phi) is 9.83. The monoisotopic (exact) mass is 701 g/mol. The van der Waals surface area contributed by atoms with Crippen LogP contribution in [0, 0.1) is 0 Å². The number of hydrogen-bond donors (Lipinski definition) is 2. The van der Waals surface area contributed by atoms with Crippen molar-refractivity contribution in [1.82, 2.24) is 25.5 Å². The molecule has 1 saturated heterocycles. The van der Waals surface area contributed by atoms with Crippen molar-refractivity contribution in [2.75, 3.05) is 19.8 Å². The van der Waals surface area contributed by atoms with E-state index in [-0.39, 0.29) is 61.0 Å².